The number of carbonyl (C=O) groups is 2. The van der Waals surface area contributed by atoms with Crippen molar-refractivity contribution in [2.45, 2.75) is 25.4 Å². The topological polar surface area (TPSA) is 129 Å². The number of phenolic OH excluding ortho intramolecular Hbond substituents is 1. The molecule has 2 aromatic carbocycles. The SMILES string of the molecule is COCC1=C2[C@@H](CC/C(=C/c3cc(Br)ccc3O)c3ccccn3)OC[C@@H]2[C@@H]2C(=O)N(c3cccc(B(O)O)c3)C(=O)[C@@H]2C1. The van der Waals surface area contributed by atoms with Crippen LogP contribution in [0, 0.1) is 17.8 Å². The Morgan fingerprint density at radius 3 is 2.70 bits per heavy atom. The van der Waals surface area contributed by atoms with Crippen LogP contribution in [0.4, 0.5) is 5.69 Å². The number of hydrogen-bond donors (Lipinski definition) is 3. The van der Waals surface area contributed by atoms with Gasteiger partial charge in [-0.15, -0.1) is 0 Å². The van der Waals surface area contributed by atoms with E-state index >= 15 is 0 Å². The van der Waals surface area contributed by atoms with Crippen molar-refractivity contribution in [1.82, 2.24) is 4.98 Å². The number of anilines is 1. The zero-order valence-corrected chi connectivity index (χ0v) is 25.7. The lowest BCUT2D eigenvalue weighted by Gasteiger charge is -2.31. The lowest BCUT2D eigenvalue weighted by Crippen LogP contribution is -2.36. The van der Waals surface area contributed by atoms with Crippen molar-refractivity contribution < 1.29 is 34.2 Å². The summed E-state index contributed by atoms with van der Waals surface area (Å²) in [5.74, 6) is -1.82. The van der Waals surface area contributed by atoms with E-state index in [1.807, 2.05) is 30.3 Å². The highest BCUT2D eigenvalue weighted by atomic mass is 79.9. The van der Waals surface area contributed by atoms with Gasteiger partial charge in [-0.25, -0.2) is 0 Å². The maximum absolute atomic E-state index is 13.9. The van der Waals surface area contributed by atoms with Gasteiger partial charge < -0.3 is 24.6 Å². The number of halogens is 1. The maximum Gasteiger partial charge on any atom is 0.488 e. The molecule has 2 aliphatic heterocycles. The number of imide groups is 1. The van der Waals surface area contributed by atoms with E-state index in [2.05, 4.69) is 20.9 Å². The number of hydrogen-bond acceptors (Lipinski definition) is 8. The Kier molecular flexibility index (Phi) is 8.84. The third kappa shape index (κ3) is 5.78. The fraction of sp³-hybridized carbons (Fsp3) is 0.303. The number of aromatic hydroxyl groups is 1. The molecular weight excluding hydrogens is 627 g/mol. The second-order valence-corrected chi connectivity index (χ2v) is 12.3. The number of phenols is 1. The van der Waals surface area contributed by atoms with Gasteiger partial charge in [0.05, 0.1) is 42.5 Å². The van der Waals surface area contributed by atoms with E-state index in [0.717, 1.165) is 26.9 Å². The molecule has 0 bridgehead atoms. The van der Waals surface area contributed by atoms with E-state index < -0.39 is 19.0 Å². The van der Waals surface area contributed by atoms with Crippen LogP contribution in [0.3, 0.4) is 0 Å². The number of pyridine rings is 1. The number of fused-ring (bicyclic) bond motifs is 3. The minimum atomic E-state index is -1.71. The smallest absolute Gasteiger partial charge is 0.488 e. The lowest BCUT2D eigenvalue weighted by atomic mass is 9.69. The Balaban J connectivity index is 1.29. The zero-order chi connectivity index (χ0) is 31.0. The van der Waals surface area contributed by atoms with Crippen molar-refractivity contribution in [3.05, 3.63) is 93.7 Å². The van der Waals surface area contributed by atoms with Crippen LogP contribution >= 0.6 is 15.9 Å². The van der Waals surface area contributed by atoms with Gasteiger partial charge in [0.25, 0.3) is 0 Å². The maximum atomic E-state index is 13.9. The number of amides is 2. The van der Waals surface area contributed by atoms with Crippen LogP contribution in [0.15, 0.2) is 82.5 Å². The van der Waals surface area contributed by atoms with Crippen molar-refractivity contribution in [1.29, 1.82) is 0 Å². The van der Waals surface area contributed by atoms with Crippen LogP contribution in [0.5, 0.6) is 5.75 Å². The third-order valence-corrected chi connectivity index (χ3v) is 9.24. The first-order valence-electron chi connectivity index (χ1n) is 14.5. The van der Waals surface area contributed by atoms with Crippen LogP contribution in [0.1, 0.15) is 30.5 Å². The van der Waals surface area contributed by atoms with Crippen molar-refractivity contribution in [3.8, 4) is 5.75 Å². The zero-order valence-electron chi connectivity index (χ0n) is 24.1. The van der Waals surface area contributed by atoms with E-state index in [0.29, 0.717) is 43.7 Å². The minimum absolute atomic E-state index is 0.162. The summed E-state index contributed by atoms with van der Waals surface area (Å²) < 4.78 is 12.8. The Bertz CT molecular complexity index is 1640. The first-order valence-corrected chi connectivity index (χ1v) is 15.3. The Morgan fingerprint density at radius 1 is 1.11 bits per heavy atom. The predicted octanol–water partition coefficient (Wildman–Crippen LogP) is 3.72. The Hall–Kier alpha value is -3.61. The summed E-state index contributed by atoms with van der Waals surface area (Å²) in [6.07, 6.45) is 4.98. The van der Waals surface area contributed by atoms with Crippen LogP contribution in [0.25, 0.3) is 11.6 Å². The van der Waals surface area contributed by atoms with E-state index in [1.165, 1.54) is 17.0 Å². The summed E-state index contributed by atoms with van der Waals surface area (Å²) in [5.41, 5.74) is 4.92. The Morgan fingerprint density at radius 2 is 1.95 bits per heavy atom. The number of allylic oxidation sites excluding steroid dienone is 1. The molecule has 3 aliphatic rings. The van der Waals surface area contributed by atoms with Gasteiger partial charge in [-0.1, -0.05) is 34.1 Å². The monoisotopic (exact) mass is 658 g/mol. The van der Waals surface area contributed by atoms with Crippen molar-refractivity contribution in [2.75, 3.05) is 25.2 Å². The number of ether oxygens (including phenoxy) is 2. The molecule has 3 aromatic rings. The van der Waals surface area contributed by atoms with Crippen molar-refractivity contribution in [2.24, 2.45) is 17.8 Å². The number of rotatable bonds is 9. The van der Waals surface area contributed by atoms with Crippen molar-refractivity contribution >= 4 is 57.7 Å². The molecule has 3 N–H and O–H groups in total. The van der Waals surface area contributed by atoms with Gasteiger partial charge in [-0.05, 0) is 90.0 Å². The molecule has 2 amide bonds. The van der Waals surface area contributed by atoms with Gasteiger partial charge >= 0.3 is 7.12 Å². The molecule has 226 valence electrons. The van der Waals surface area contributed by atoms with Gasteiger partial charge in [0.15, 0.2) is 0 Å². The third-order valence-electron chi connectivity index (χ3n) is 8.74. The minimum Gasteiger partial charge on any atom is -0.507 e. The average molecular weight is 659 g/mol. The summed E-state index contributed by atoms with van der Waals surface area (Å²) in [7, 11) is -0.0983. The molecule has 9 nitrogen and oxygen atoms in total. The van der Waals surface area contributed by atoms with Gasteiger partial charge in [0.1, 0.15) is 5.75 Å². The largest absolute Gasteiger partial charge is 0.507 e. The molecule has 2 fully saturated rings. The average Bonchev–Trinajstić information content (AvgIpc) is 3.55. The molecule has 2 saturated heterocycles. The molecule has 4 atom stereocenters. The fourth-order valence-corrected chi connectivity index (χ4v) is 7.18. The molecule has 0 spiro atoms. The standard InChI is InChI=1S/C33H32BBrN2O7/c1-43-17-21-15-25-31(33(40)37(32(25)39)24-6-4-5-22(16-24)34(41)42)26-18-44-29(30(21)26)11-8-19(27-7-2-3-12-36-27)13-20-14-23(35)9-10-28(20)38/h2-7,9-10,12-14,16,25-26,29,31,38,41-42H,8,11,15,17-18H2,1H3/b19-13-/t25-,26+,29-,31-/m1/s1. The van der Waals surface area contributed by atoms with Gasteiger partial charge in [0, 0.05) is 29.3 Å². The number of benzene rings is 2. The van der Waals surface area contributed by atoms with Gasteiger partial charge in [0.2, 0.25) is 11.8 Å². The summed E-state index contributed by atoms with van der Waals surface area (Å²) in [4.78, 5) is 33.3. The van der Waals surface area contributed by atoms with Gasteiger partial charge in [-0.3, -0.25) is 19.5 Å². The van der Waals surface area contributed by atoms with Crippen LogP contribution in [0.2, 0.25) is 0 Å². The van der Waals surface area contributed by atoms with E-state index in [-0.39, 0.29) is 35.0 Å². The highest BCUT2D eigenvalue weighted by Gasteiger charge is 2.57. The predicted molar refractivity (Wildman–Crippen MR) is 170 cm³/mol. The number of methoxy groups -OCH3 is 1. The van der Waals surface area contributed by atoms with Crippen molar-refractivity contribution in [3.63, 3.8) is 0 Å². The molecule has 1 aromatic heterocycles. The second kappa shape index (κ2) is 12.8. The molecule has 44 heavy (non-hydrogen) atoms. The molecular formula is C33H32BBrN2O7. The van der Waals surface area contributed by atoms with E-state index in [9.17, 15) is 24.7 Å². The molecule has 0 saturated carbocycles. The van der Waals surface area contributed by atoms with Crippen LogP contribution < -0.4 is 10.4 Å². The summed E-state index contributed by atoms with van der Waals surface area (Å²) in [6.45, 7) is 0.642. The second-order valence-electron chi connectivity index (χ2n) is 11.4. The molecule has 0 unspecified atom stereocenters. The normalized spacial score (nSPS) is 23.3. The van der Waals surface area contributed by atoms with Gasteiger partial charge in [-0.2, -0.15) is 0 Å². The first kappa shape index (κ1) is 30.4. The number of carbonyl (C=O) groups excluding carboxylic acids is 2. The highest BCUT2D eigenvalue weighted by molar-refractivity contribution is 9.10. The summed E-state index contributed by atoms with van der Waals surface area (Å²) in [5, 5.41) is 29.8. The molecule has 1 aliphatic carbocycles. The summed E-state index contributed by atoms with van der Waals surface area (Å²) >= 11 is 3.48. The fourth-order valence-electron chi connectivity index (χ4n) is 6.80. The van der Waals surface area contributed by atoms with Crippen LogP contribution in [-0.2, 0) is 19.1 Å². The lowest BCUT2D eigenvalue weighted by molar-refractivity contribution is -0.122. The quantitative estimate of drug-likeness (QED) is 0.180. The molecule has 3 heterocycles. The molecule has 11 heteroatoms. The summed E-state index contributed by atoms with van der Waals surface area (Å²) in [6, 6.07) is 17.2. The first-order chi connectivity index (χ1) is 21.3. The van der Waals surface area contributed by atoms with E-state index in [4.69, 9.17) is 9.47 Å². The Labute approximate surface area is 264 Å². The molecule has 6 rings (SSSR count). The van der Waals surface area contributed by atoms with Crippen LogP contribution in [-0.4, -0.2) is 65.5 Å². The van der Waals surface area contributed by atoms with E-state index in [1.54, 1.807) is 37.6 Å². The number of nitrogens with zero attached hydrogens (tertiary/aromatic N) is 2. The number of aromatic nitrogens is 1. The highest BCUT2D eigenvalue weighted by Crippen LogP contribution is 2.50. The molecule has 0 radical (unpaired) electrons.